The first-order chi connectivity index (χ1) is 14.7. The highest BCUT2D eigenvalue weighted by Crippen LogP contribution is 2.24. The fraction of sp³-hybridized carbons (Fsp3) is 0.273. The Balaban J connectivity index is 1.47. The molecule has 31 heavy (non-hydrogen) atoms. The van der Waals surface area contributed by atoms with Crippen LogP contribution in [0, 0.1) is 12.7 Å². The van der Waals surface area contributed by atoms with Crippen LogP contribution in [-0.2, 0) is 14.3 Å². The maximum absolute atomic E-state index is 13.8. The van der Waals surface area contributed by atoms with Crippen molar-refractivity contribution < 1.29 is 28.3 Å². The van der Waals surface area contributed by atoms with Gasteiger partial charge < -0.3 is 10.1 Å². The Morgan fingerprint density at radius 1 is 1.13 bits per heavy atom. The van der Waals surface area contributed by atoms with Crippen LogP contribution in [0.5, 0.6) is 0 Å². The predicted octanol–water partition coefficient (Wildman–Crippen LogP) is 3.84. The summed E-state index contributed by atoms with van der Waals surface area (Å²) in [6, 6.07) is 9.20. The van der Waals surface area contributed by atoms with Gasteiger partial charge in [0.25, 0.3) is 17.7 Å². The average molecular weight is 491 g/mol. The predicted molar refractivity (Wildman–Crippen MR) is 114 cm³/mol. The van der Waals surface area contributed by atoms with Gasteiger partial charge in [0.1, 0.15) is 5.82 Å². The molecule has 0 saturated heterocycles. The zero-order chi connectivity index (χ0) is 22.7. The van der Waals surface area contributed by atoms with Crippen molar-refractivity contribution in [2.75, 3.05) is 11.9 Å². The van der Waals surface area contributed by atoms with Crippen molar-refractivity contribution in [3.05, 3.63) is 63.4 Å². The van der Waals surface area contributed by atoms with Crippen molar-refractivity contribution in [1.29, 1.82) is 0 Å². The summed E-state index contributed by atoms with van der Waals surface area (Å²) in [7, 11) is 0. The zero-order valence-electron chi connectivity index (χ0n) is 16.9. The first-order valence-corrected chi connectivity index (χ1v) is 10.4. The Labute approximate surface area is 186 Å². The molecule has 1 aliphatic heterocycles. The topological polar surface area (TPSA) is 92.8 Å². The molecule has 3 amide bonds. The molecule has 2 aromatic rings. The standard InChI is InChI=1S/C22H20BrFN2O5/c1-12-5-7-15-16(10-12)22(30)26(21(15)29)9-3-4-19(27)31-13(2)20(28)25-18-8-6-14(23)11-17(18)24/h5-8,10-11,13H,3-4,9H2,1-2H3,(H,25,28). The average Bonchev–Trinajstić information content (AvgIpc) is 2.94. The van der Waals surface area contributed by atoms with E-state index >= 15 is 0 Å². The van der Waals surface area contributed by atoms with E-state index in [4.69, 9.17) is 4.74 Å². The quantitative estimate of drug-likeness (QED) is 0.470. The molecular formula is C22H20BrFN2O5. The molecule has 0 spiro atoms. The van der Waals surface area contributed by atoms with E-state index < -0.39 is 29.7 Å². The van der Waals surface area contributed by atoms with Crippen LogP contribution in [0.25, 0.3) is 0 Å². The van der Waals surface area contributed by atoms with Gasteiger partial charge in [0.2, 0.25) is 0 Å². The summed E-state index contributed by atoms with van der Waals surface area (Å²) in [6.45, 7) is 3.26. The molecule has 1 unspecified atom stereocenters. The minimum Gasteiger partial charge on any atom is -0.453 e. The number of amides is 3. The number of hydrogen-bond acceptors (Lipinski definition) is 5. The fourth-order valence-electron chi connectivity index (χ4n) is 3.12. The molecule has 0 radical (unpaired) electrons. The third kappa shape index (κ3) is 5.16. The van der Waals surface area contributed by atoms with Crippen molar-refractivity contribution in [1.82, 2.24) is 4.90 Å². The highest BCUT2D eigenvalue weighted by Gasteiger charge is 2.35. The third-order valence-corrected chi connectivity index (χ3v) is 5.25. The number of anilines is 1. The van der Waals surface area contributed by atoms with Crippen molar-refractivity contribution in [2.45, 2.75) is 32.8 Å². The molecule has 0 fully saturated rings. The van der Waals surface area contributed by atoms with Crippen LogP contribution in [0.3, 0.4) is 0 Å². The number of aryl methyl sites for hydroxylation is 1. The molecule has 9 heteroatoms. The Bertz CT molecular complexity index is 1070. The summed E-state index contributed by atoms with van der Waals surface area (Å²) in [5, 5.41) is 2.36. The number of ether oxygens (including phenoxy) is 1. The van der Waals surface area contributed by atoms with Gasteiger partial charge in [-0.2, -0.15) is 0 Å². The molecule has 0 aromatic heterocycles. The van der Waals surface area contributed by atoms with Gasteiger partial charge in [-0.25, -0.2) is 4.39 Å². The summed E-state index contributed by atoms with van der Waals surface area (Å²) < 4.78 is 19.4. The Hall–Kier alpha value is -3.07. The second kappa shape index (κ2) is 9.38. The van der Waals surface area contributed by atoms with E-state index in [1.54, 1.807) is 24.3 Å². The lowest BCUT2D eigenvalue weighted by Gasteiger charge is -2.15. The molecule has 3 rings (SSSR count). The number of fused-ring (bicyclic) bond motifs is 1. The summed E-state index contributed by atoms with van der Waals surface area (Å²) in [4.78, 5) is 50.1. The first kappa shape index (κ1) is 22.6. The Kier molecular flexibility index (Phi) is 6.84. The number of carbonyl (C=O) groups excluding carboxylic acids is 4. The number of esters is 1. The second-order valence-corrected chi connectivity index (χ2v) is 8.08. The maximum atomic E-state index is 13.8. The molecule has 1 heterocycles. The molecule has 0 bridgehead atoms. The van der Waals surface area contributed by atoms with Gasteiger partial charge in [-0.1, -0.05) is 27.6 Å². The number of rotatable bonds is 7. The van der Waals surface area contributed by atoms with E-state index in [2.05, 4.69) is 21.2 Å². The molecule has 1 N–H and O–H groups in total. The highest BCUT2D eigenvalue weighted by atomic mass is 79.9. The molecule has 1 aliphatic rings. The van der Waals surface area contributed by atoms with E-state index in [0.29, 0.717) is 15.6 Å². The van der Waals surface area contributed by atoms with Crippen LogP contribution < -0.4 is 5.32 Å². The molecule has 7 nitrogen and oxygen atoms in total. The van der Waals surface area contributed by atoms with Crippen LogP contribution in [0.4, 0.5) is 10.1 Å². The third-order valence-electron chi connectivity index (χ3n) is 4.76. The molecule has 2 aromatic carbocycles. The Morgan fingerprint density at radius 3 is 2.55 bits per heavy atom. The normalized spacial score (nSPS) is 13.7. The highest BCUT2D eigenvalue weighted by molar-refractivity contribution is 9.10. The molecular weight excluding hydrogens is 471 g/mol. The number of hydrogen-bond donors (Lipinski definition) is 1. The minimum absolute atomic E-state index is 0.0306. The SMILES string of the molecule is Cc1ccc2c(c1)C(=O)N(CCCC(=O)OC(C)C(=O)Nc1ccc(Br)cc1F)C2=O. The van der Waals surface area contributed by atoms with Crippen LogP contribution in [0.2, 0.25) is 0 Å². The van der Waals surface area contributed by atoms with E-state index in [0.717, 1.165) is 10.5 Å². The minimum atomic E-state index is -1.14. The number of nitrogens with one attached hydrogen (secondary N) is 1. The van der Waals surface area contributed by atoms with Crippen molar-refractivity contribution in [2.24, 2.45) is 0 Å². The van der Waals surface area contributed by atoms with Gasteiger partial charge in [-0.05, 0) is 50.6 Å². The van der Waals surface area contributed by atoms with Crippen LogP contribution >= 0.6 is 15.9 Å². The molecule has 162 valence electrons. The molecule has 0 aliphatic carbocycles. The van der Waals surface area contributed by atoms with Gasteiger partial charge in [0.05, 0.1) is 16.8 Å². The lowest BCUT2D eigenvalue weighted by molar-refractivity contribution is -0.153. The number of benzene rings is 2. The summed E-state index contributed by atoms with van der Waals surface area (Å²) >= 11 is 3.12. The fourth-order valence-corrected chi connectivity index (χ4v) is 3.46. The van der Waals surface area contributed by atoms with E-state index in [1.165, 1.54) is 19.1 Å². The van der Waals surface area contributed by atoms with Crippen molar-refractivity contribution in [3.8, 4) is 0 Å². The first-order valence-electron chi connectivity index (χ1n) is 9.59. The second-order valence-electron chi connectivity index (χ2n) is 7.16. The van der Waals surface area contributed by atoms with Crippen LogP contribution in [0.15, 0.2) is 40.9 Å². The Morgan fingerprint density at radius 2 is 1.84 bits per heavy atom. The summed E-state index contributed by atoms with van der Waals surface area (Å²) in [6.07, 6.45) is -1.03. The largest absolute Gasteiger partial charge is 0.453 e. The van der Waals surface area contributed by atoms with Crippen molar-refractivity contribution in [3.63, 3.8) is 0 Å². The lowest BCUT2D eigenvalue weighted by atomic mass is 10.1. The van der Waals surface area contributed by atoms with Gasteiger partial charge in [-0.15, -0.1) is 0 Å². The van der Waals surface area contributed by atoms with Gasteiger partial charge >= 0.3 is 5.97 Å². The van der Waals surface area contributed by atoms with E-state index in [-0.39, 0.29) is 31.0 Å². The summed E-state index contributed by atoms with van der Waals surface area (Å²) in [5.74, 6) is -2.74. The van der Waals surface area contributed by atoms with E-state index in [9.17, 15) is 23.6 Å². The monoisotopic (exact) mass is 490 g/mol. The van der Waals surface area contributed by atoms with Crippen molar-refractivity contribution >= 4 is 45.3 Å². The number of carbonyl (C=O) groups is 4. The zero-order valence-corrected chi connectivity index (χ0v) is 18.5. The van der Waals surface area contributed by atoms with E-state index in [1.807, 2.05) is 6.92 Å². The summed E-state index contributed by atoms with van der Waals surface area (Å²) in [5.41, 5.74) is 1.55. The van der Waals surface area contributed by atoms with Gasteiger partial charge in [0.15, 0.2) is 6.10 Å². The van der Waals surface area contributed by atoms with Crippen LogP contribution in [-0.4, -0.2) is 41.2 Å². The maximum Gasteiger partial charge on any atom is 0.306 e. The van der Waals surface area contributed by atoms with Gasteiger partial charge in [-0.3, -0.25) is 24.1 Å². The number of imide groups is 1. The molecule has 1 atom stereocenters. The van der Waals surface area contributed by atoms with Gasteiger partial charge in [0, 0.05) is 17.4 Å². The number of halogens is 2. The van der Waals surface area contributed by atoms with Crippen LogP contribution in [0.1, 0.15) is 46.0 Å². The lowest BCUT2D eigenvalue weighted by Crippen LogP contribution is -2.32. The smallest absolute Gasteiger partial charge is 0.306 e. The number of nitrogens with zero attached hydrogens (tertiary/aromatic N) is 1. The molecule has 0 saturated carbocycles.